The standard InChI is InChI=1S/C23H28N2O4/c1-27-13-7-12-24-22(26)14-18(17-9-6-11-21(28-2)23(17)29-3)19-15-25-20-10-5-4-8-16(19)20/h4-6,8-11,15,18,25H,7,12-14H2,1-3H3,(H,24,26). The van der Waals surface area contributed by atoms with Gasteiger partial charge in [-0.3, -0.25) is 4.79 Å². The molecule has 154 valence electrons. The van der Waals surface area contributed by atoms with Gasteiger partial charge < -0.3 is 24.5 Å². The Bertz CT molecular complexity index is 951. The quantitative estimate of drug-likeness (QED) is 0.511. The molecule has 1 amide bonds. The van der Waals surface area contributed by atoms with Crippen LogP contribution in [-0.2, 0) is 9.53 Å². The van der Waals surface area contributed by atoms with Crippen LogP contribution in [0.25, 0.3) is 10.9 Å². The van der Waals surface area contributed by atoms with E-state index < -0.39 is 0 Å². The minimum absolute atomic E-state index is 0.0127. The summed E-state index contributed by atoms with van der Waals surface area (Å²) < 4.78 is 16.2. The fourth-order valence-electron chi connectivity index (χ4n) is 3.66. The molecule has 2 aromatic carbocycles. The van der Waals surface area contributed by atoms with E-state index in [0.29, 0.717) is 31.1 Å². The lowest BCUT2D eigenvalue weighted by Gasteiger charge is -2.21. The smallest absolute Gasteiger partial charge is 0.220 e. The van der Waals surface area contributed by atoms with Gasteiger partial charge in [0.1, 0.15) is 0 Å². The molecule has 1 heterocycles. The molecule has 0 radical (unpaired) electrons. The van der Waals surface area contributed by atoms with Gasteiger partial charge in [0.2, 0.25) is 5.91 Å². The van der Waals surface area contributed by atoms with Gasteiger partial charge >= 0.3 is 0 Å². The van der Waals surface area contributed by atoms with Crippen LogP contribution in [0.1, 0.15) is 29.9 Å². The van der Waals surface area contributed by atoms with E-state index in [2.05, 4.69) is 16.4 Å². The van der Waals surface area contributed by atoms with Gasteiger partial charge in [0, 0.05) is 55.3 Å². The molecule has 0 aliphatic carbocycles. The van der Waals surface area contributed by atoms with Crippen molar-refractivity contribution in [3.63, 3.8) is 0 Å². The van der Waals surface area contributed by atoms with Crippen LogP contribution < -0.4 is 14.8 Å². The zero-order chi connectivity index (χ0) is 20.6. The molecule has 0 saturated carbocycles. The molecule has 3 rings (SSSR count). The fraction of sp³-hybridized carbons (Fsp3) is 0.348. The number of amides is 1. The van der Waals surface area contributed by atoms with Crippen LogP contribution in [0.2, 0.25) is 0 Å². The Morgan fingerprint density at radius 1 is 1.03 bits per heavy atom. The van der Waals surface area contributed by atoms with Gasteiger partial charge in [-0.2, -0.15) is 0 Å². The van der Waals surface area contributed by atoms with E-state index in [1.807, 2.05) is 42.6 Å². The molecule has 0 bridgehead atoms. The highest BCUT2D eigenvalue weighted by Crippen LogP contribution is 2.41. The summed E-state index contributed by atoms with van der Waals surface area (Å²) in [6.45, 7) is 1.21. The second-order valence-electron chi connectivity index (χ2n) is 6.83. The van der Waals surface area contributed by atoms with E-state index in [1.54, 1.807) is 21.3 Å². The van der Waals surface area contributed by atoms with Gasteiger partial charge in [0.15, 0.2) is 11.5 Å². The van der Waals surface area contributed by atoms with Crippen molar-refractivity contribution in [1.29, 1.82) is 0 Å². The topological polar surface area (TPSA) is 72.6 Å². The van der Waals surface area contributed by atoms with E-state index in [0.717, 1.165) is 28.5 Å². The lowest BCUT2D eigenvalue weighted by Crippen LogP contribution is -2.27. The van der Waals surface area contributed by atoms with Crippen molar-refractivity contribution in [2.24, 2.45) is 0 Å². The number of benzene rings is 2. The highest BCUT2D eigenvalue weighted by Gasteiger charge is 2.25. The number of rotatable bonds is 10. The Morgan fingerprint density at radius 2 is 1.86 bits per heavy atom. The second-order valence-corrected chi connectivity index (χ2v) is 6.83. The van der Waals surface area contributed by atoms with Crippen molar-refractivity contribution in [1.82, 2.24) is 10.3 Å². The molecule has 6 heteroatoms. The number of nitrogens with one attached hydrogen (secondary N) is 2. The Kier molecular flexibility index (Phi) is 7.14. The van der Waals surface area contributed by atoms with Crippen molar-refractivity contribution >= 4 is 16.8 Å². The van der Waals surface area contributed by atoms with Gasteiger partial charge in [-0.05, 0) is 24.1 Å². The summed E-state index contributed by atoms with van der Waals surface area (Å²) in [5, 5.41) is 4.08. The third-order valence-electron chi connectivity index (χ3n) is 5.04. The molecule has 1 unspecified atom stereocenters. The van der Waals surface area contributed by atoms with E-state index in [-0.39, 0.29) is 11.8 Å². The number of aromatic amines is 1. The van der Waals surface area contributed by atoms with Gasteiger partial charge in [-0.25, -0.2) is 0 Å². The zero-order valence-electron chi connectivity index (χ0n) is 17.2. The number of para-hydroxylation sites is 2. The molecule has 2 N–H and O–H groups in total. The number of fused-ring (bicyclic) bond motifs is 1. The monoisotopic (exact) mass is 396 g/mol. The maximum atomic E-state index is 12.7. The summed E-state index contributed by atoms with van der Waals surface area (Å²) in [6.07, 6.45) is 3.06. The van der Waals surface area contributed by atoms with E-state index in [9.17, 15) is 4.79 Å². The largest absolute Gasteiger partial charge is 0.493 e. The van der Waals surface area contributed by atoms with Gasteiger partial charge in [-0.1, -0.05) is 30.3 Å². The zero-order valence-corrected chi connectivity index (χ0v) is 17.2. The van der Waals surface area contributed by atoms with Gasteiger partial charge in [-0.15, -0.1) is 0 Å². The summed E-state index contributed by atoms with van der Waals surface area (Å²) in [5.41, 5.74) is 3.01. The highest BCUT2D eigenvalue weighted by molar-refractivity contribution is 5.86. The van der Waals surface area contributed by atoms with E-state index in [4.69, 9.17) is 14.2 Å². The lowest BCUT2D eigenvalue weighted by atomic mass is 9.87. The number of carbonyl (C=O) groups excluding carboxylic acids is 1. The predicted molar refractivity (Wildman–Crippen MR) is 114 cm³/mol. The number of H-pyrrole nitrogens is 1. The molecular formula is C23H28N2O4. The molecule has 0 aliphatic rings. The number of carbonyl (C=O) groups is 1. The van der Waals surface area contributed by atoms with Gasteiger partial charge in [0.05, 0.1) is 14.2 Å². The summed E-state index contributed by atoms with van der Waals surface area (Å²) in [5.74, 6) is 1.10. The van der Waals surface area contributed by atoms with Crippen LogP contribution >= 0.6 is 0 Å². The van der Waals surface area contributed by atoms with Crippen LogP contribution in [0.4, 0.5) is 0 Å². The molecule has 0 spiro atoms. The first-order valence-electron chi connectivity index (χ1n) is 9.72. The molecule has 0 saturated heterocycles. The van der Waals surface area contributed by atoms with Crippen LogP contribution in [0.15, 0.2) is 48.7 Å². The van der Waals surface area contributed by atoms with Crippen LogP contribution in [0, 0.1) is 0 Å². The normalized spacial score (nSPS) is 12.0. The predicted octanol–water partition coefficient (Wildman–Crippen LogP) is 3.86. The van der Waals surface area contributed by atoms with Crippen LogP contribution in [-0.4, -0.2) is 45.4 Å². The first-order chi connectivity index (χ1) is 14.2. The third kappa shape index (κ3) is 4.71. The SMILES string of the molecule is COCCCNC(=O)CC(c1cccc(OC)c1OC)c1c[nH]c2ccccc12. The van der Waals surface area contributed by atoms with Crippen molar-refractivity contribution in [3.05, 3.63) is 59.8 Å². The molecule has 1 atom stereocenters. The Hall–Kier alpha value is -2.99. The minimum Gasteiger partial charge on any atom is -0.493 e. The highest BCUT2D eigenvalue weighted by atomic mass is 16.5. The first-order valence-corrected chi connectivity index (χ1v) is 9.72. The maximum Gasteiger partial charge on any atom is 0.220 e. The van der Waals surface area contributed by atoms with E-state index >= 15 is 0 Å². The molecule has 3 aromatic rings. The molecule has 29 heavy (non-hydrogen) atoms. The second kappa shape index (κ2) is 9.98. The summed E-state index contributed by atoms with van der Waals surface area (Å²) >= 11 is 0. The molecule has 0 aliphatic heterocycles. The van der Waals surface area contributed by atoms with Crippen molar-refractivity contribution in [2.45, 2.75) is 18.8 Å². The third-order valence-corrected chi connectivity index (χ3v) is 5.04. The molecular weight excluding hydrogens is 368 g/mol. The maximum absolute atomic E-state index is 12.7. The van der Waals surface area contributed by atoms with Crippen molar-refractivity contribution in [3.8, 4) is 11.5 Å². The van der Waals surface area contributed by atoms with Crippen molar-refractivity contribution < 1.29 is 19.0 Å². The van der Waals surface area contributed by atoms with Crippen LogP contribution in [0.3, 0.4) is 0 Å². The number of hydrogen-bond donors (Lipinski definition) is 2. The number of aromatic nitrogens is 1. The van der Waals surface area contributed by atoms with Crippen LogP contribution in [0.5, 0.6) is 11.5 Å². The van der Waals surface area contributed by atoms with Crippen molar-refractivity contribution in [2.75, 3.05) is 34.5 Å². The molecule has 0 fully saturated rings. The number of hydrogen-bond acceptors (Lipinski definition) is 4. The summed E-state index contributed by atoms with van der Waals surface area (Å²) in [6, 6.07) is 13.9. The Morgan fingerprint density at radius 3 is 2.62 bits per heavy atom. The lowest BCUT2D eigenvalue weighted by molar-refractivity contribution is -0.121. The fourth-order valence-corrected chi connectivity index (χ4v) is 3.66. The first kappa shape index (κ1) is 20.7. The summed E-state index contributed by atoms with van der Waals surface area (Å²) in [4.78, 5) is 16.1. The average Bonchev–Trinajstić information content (AvgIpc) is 3.18. The number of ether oxygens (including phenoxy) is 3. The molecule has 1 aromatic heterocycles. The Labute approximate surface area is 171 Å². The Balaban J connectivity index is 1.98. The number of methoxy groups -OCH3 is 3. The van der Waals surface area contributed by atoms with Gasteiger partial charge in [0.25, 0.3) is 0 Å². The van der Waals surface area contributed by atoms with E-state index in [1.165, 1.54) is 0 Å². The average molecular weight is 396 g/mol. The minimum atomic E-state index is -0.182. The molecule has 6 nitrogen and oxygen atoms in total. The summed E-state index contributed by atoms with van der Waals surface area (Å²) in [7, 11) is 4.90.